The fourth-order valence-corrected chi connectivity index (χ4v) is 0.799. The second-order valence-electron chi connectivity index (χ2n) is 4.13. The predicted octanol–water partition coefficient (Wildman–Crippen LogP) is 3.01. The van der Waals surface area contributed by atoms with Gasteiger partial charge in [-0.1, -0.05) is 26.7 Å². The average molecular weight is 280 g/mol. The molecule has 0 aliphatic carbocycles. The highest BCUT2D eigenvalue weighted by molar-refractivity contribution is 4.34. The molecule has 0 aromatic rings. The van der Waals surface area contributed by atoms with Crippen molar-refractivity contribution in [3.8, 4) is 0 Å². The van der Waals surface area contributed by atoms with Crippen molar-refractivity contribution < 1.29 is 19.7 Å². The summed E-state index contributed by atoms with van der Waals surface area (Å²) in [6.07, 6.45) is 4.35. The van der Waals surface area contributed by atoms with Crippen LogP contribution < -0.4 is 0 Å². The first kappa shape index (κ1) is 23.9. The molecule has 0 radical (unpaired) electrons. The molecule has 0 aliphatic rings. The van der Waals surface area contributed by atoms with Crippen molar-refractivity contribution in [3.63, 3.8) is 0 Å². The maximum absolute atomic E-state index is 8.11. The molecule has 0 rings (SSSR count). The van der Waals surface area contributed by atoms with Crippen molar-refractivity contribution in [2.75, 3.05) is 33.0 Å². The van der Waals surface area contributed by atoms with Crippen molar-refractivity contribution in [3.05, 3.63) is 0 Å². The molecule has 0 aromatic heterocycles. The fraction of sp³-hybridized carbons (Fsp3) is 1.00. The van der Waals surface area contributed by atoms with Crippen LogP contribution in [-0.2, 0) is 9.47 Å². The predicted molar refractivity (Wildman–Crippen MR) is 81.6 cm³/mol. The van der Waals surface area contributed by atoms with E-state index in [4.69, 9.17) is 19.7 Å². The molecule has 1 atom stereocenters. The minimum Gasteiger partial charge on any atom is -0.394 e. The molecule has 0 fully saturated rings. The fourth-order valence-electron chi connectivity index (χ4n) is 0.799. The van der Waals surface area contributed by atoms with E-state index < -0.39 is 6.10 Å². The van der Waals surface area contributed by atoms with Crippen LogP contribution in [0.1, 0.15) is 60.3 Å². The van der Waals surface area contributed by atoms with Gasteiger partial charge in [0.2, 0.25) is 0 Å². The number of ether oxygens (including phenoxy) is 2. The zero-order valence-corrected chi connectivity index (χ0v) is 13.7. The molecule has 0 bridgehead atoms. The average Bonchev–Trinajstić information content (AvgIpc) is 2.41. The van der Waals surface area contributed by atoms with E-state index in [-0.39, 0.29) is 6.61 Å². The van der Waals surface area contributed by atoms with Gasteiger partial charge in [-0.3, -0.25) is 0 Å². The van der Waals surface area contributed by atoms with Crippen molar-refractivity contribution in [2.45, 2.75) is 66.4 Å². The normalized spacial score (nSPS) is 10.9. The van der Waals surface area contributed by atoms with E-state index in [1.165, 1.54) is 32.6 Å². The molecule has 0 aliphatic heterocycles. The van der Waals surface area contributed by atoms with E-state index in [9.17, 15) is 0 Å². The van der Waals surface area contributed by atoms with E-state index in [2.05, 4.69) is 13.8 Å². The Morgan fingerprint density at radius 3 is 1.37 bits per heavy atom. The van der Waals surface area contributed by atoms with E-state index in [0.717, 1.165) is 26.4 Å². The number of unbranched alkanes of at least 4 members (excludes halogenated alkanes) is 2. The first-order chi connectivity index (χ1) is 9.10. The molecular formula is C15H36O4. The third kappa shape index (κ3) is 46.2. The zero-order valence-electron chi connectivity index (χ0n) is 13.7. The molecule has 0 amide bonds. The van der Waals surface area contributed by atoms with Crippen LogP contribution in [0.4, 0.5) is 0 Å². The second-order valence-corrected chi connectivity index (χ2v) is 4.13. The van der Waals surface area contributed by atoms with Crippen LogP contribution in [0.15, 0.2) is 0 Å². The Balaban J connectivity index is -0.000000219. The van der Waals surface area contributed by atoms with E-state index >= 15 is 0 Å². The van der Waals surface area contributed by atoms with Crippen LogP contribution in [-0.4, -0.2) is 49.4 Å². The maximum Gasteiger partial charge on any atom is 0.0742 e. The van der Waals surface area contributed by atoms with Gasteiger partial charge in [-0.05, 0) is 33.6 Å². The van der Waals surface area contributed by atoms with Gasteiger partial charge in [0, 0.05) is 26.4 Å². The Labute approximate surface area is 120 Å². The van der Waals surface area contributed by atoms with Crippen LogP contribution >= 0.6 is 0 Å². The quantitative estimate of drug-likeness (QED) is 0.637. The highest BCUT2D eigenvalue weighted by Crippen LogP contribution is 1.91. The van der Waals surface area contributed by atoms with Crippen molar-refractivity contribution >= 4 is 0 Å². The summed E-state index contributed by atoms with van der Waals surface area (Å²) < 4.78 is 10.1. The van der Waals surface area contributed by atoms with Gasteiger partial charge >= 0.3 is 0 Å². The smallest absolute Gasteiger partial charge is 0.0742 e. The first-order valence-electron chi connectivity index (χ1n) is 7.54. The third-order valence-corrected chi connectivity index (χ3v) is 1.96. The summed E-state index contributed by atoms with van der Waals surface area (Å²) in [5, 5.41) is 16.0. The van der Waals surface area contributed by atoms with Gasteiger partial charge < -0.3 is 19.7 Å². The molecule has 0 spiro atoms. The number of hydrogen-bond donors (Lipinski definition) is 2. The summed E-state index contributed by atoms with van der Waals surface area (Å²) in [5.74, 6) is 0. The minimum atomic E-state index is -0.560. The van der Waals surface area contributed by atoms with Crippen molar-refractivity contribution in [2.24, 2.45) is 0 Å². The van der Waals surface area contributed by atoms with E-state index in [1.54, 1.807) is 0 Å². The lowest BCUT2D eigenvalue weighted by Gasteiger charge is -1.99. The highest BCUT2D eigenvalue weighted by atomic mass is 16.5. The minimum absolute atomic E-state index is 0.139. The summed E-state index contributed by atoms with van der Waals surface area (Å²) in [7, 11) is 0. The van der Waals surface area contributed by atoms with Crippen LogP contribution in [0.2, 0.25) is 0 Å². The van der Waals surface area contributed by atoms with Gasteiger partial charge in [-0.2, -0.15) is 0 Å². The molecule has 120 valence electrons. The summed E-state index contributed by atoms with van der Waals surface area (Å²) in [5.41, 5.74) is 0. The highest BCUT2D eigenvalue weighted by Gasteiger charge is 1.84. The summed E-state index contributed by atoms with van der Waals surface area (Å²) in [6, 6.07) is 0. The van der Waals surface area contributed by atoms with Gasteiger partial charge in [0.15, 0.2) is 0 Å². The lowest BCUT2D eigenvalue weighted by Crippen LogP contribution is -2.03. The molecule has 4 nitrogen and oxygen atoms in total. The summed E-state index contributed by atoms with van der Waals surface area (Å²) in [6.45, 7) is 13.3. The third-order valence-electron chi connectivity index (χ3n) is 1.96. The zero-order chi connectivity index (χ0) is 15.4. The Bertz CT molecular complexity index is 111. The van der Waals surface area contributed by atoms with Gasteiger partial charge in [0.1, 0.15) is 0 Å². The standard InChI is InChI=1S/C8H18O.C4H10O.C3H8O2/c1-3-5-7-9-8-6-4-2;1-3-5-4-2;1-3(5)2-4/h3-8H2,1-2H3;3-4H2,1-2H3;3-5H,2H2,1H3. The molecule has 4 heteroatoms. The first-order valence-corrected chi connectivity index (χ1v) is 7.54. The molecule has 1 unspecified atom stereocenters. The molecule has 2 N–H and O–H groups in total. The second kappa shape index (κ2) is 26.4. The molecule has 19 heavy (non-hydrogen) atoms. The van der Waals surface area contributed by atoms with Gasteiger partial charge in [-0.15, -0.1) is 0 Å². The molecule has 0 aromatic carbocycles. The molecule has 0 heterocycles. The Kier molecular flexibility index (Phi) is 33.2. The number of aliphatic hydroxyl groups excluding tert-OH is 2. The molecular weight excluding hydrogens is 244 g/mol. The maximum atomic E-state index is 8.11. The van der Waals surface area contributed by atoms with E-state index in [0.29, 0.717) is 0 Å². The Hall–Kier alpha value is -0.160. The Morgan fingerprint density at radius 1 is 0.842 bits per heavy atom. The van der Waals surface area contributed by atoms with Crippen molar-refractivity contribution in [1.29, 1.82) is 0 Å². The van der Waals surface area contributed by atoms with Gasteiger partial charge in [0.25, 0.3) is 0 Å². The Morgan fingerprint density at radius 2 is 1.21 bits per heavy atom. The molecule has 0 saturated heterocycles. The number of rotatable bonds is 9. The summed E-state index contributed by atoms with van der Waals surface area (Å²) in [4.78, 5) is 0. The summed E-state index contributed by atoms with van der Waals surface area (Å²) >= 11 is 0. The van der Waals surface area contributed by atoms with Gasteiger partial charge in [0.05, 0.1) is 12.7 Å². The lowest BCUT2D eigenvalue weighted by atomic mass is 10.3. The topological polar surface area (TPSA) is 58.9 Å². The SMILES string of the molecule is CC(O)CO.CCCCOCCCC.CCOCC. The largest absolute Gasteiger partial charge is 0.394 e. The van der Waals surface area contributed by atoms with Crippen molar-refractivity contribution in [1.82, 2.24) is 0 Å². The number of hydrogen-bond acceptors (Lipinski definition) is 4. The van der Waals surface area contributed by atoms with E-state index in [1.807, 2.05) is 13.8 Å². The van der Waals surface area contributed by atoms with Crippen LogP contribution in [0.25, 0.3) is 0 Å². The van der Waals surface area contributed by atoms with Crippen LogP contribution in [0.3, 0.4) is 0 Å². The monoisotopic (exact) mass is 280 g/mol. The number of aliphatic hydroxyl groups is 2. The lowest BCUT2D eigenvalue weighted by molar-refractivity contribution is 0.110. The molecule has 0 saturated carbocycles. The van der Waals surface area contributed by atoms with Crippen LogP contribution in [0, 0.1) is 0 Å². The van der Waals surface area contributed by atoms with Crippen LogP contribution in [0.5, 0.6) is 0 Å². The van der Waals surface area contributed by atoms with Gasteiger partial charge in [-0.25, -0.2) is 0 Å².